The number of benzene rings is 1. The second-order valence-corrected chi connectivity index (χ2v) is 6.99. The number of hydrogen-bond acceptors (Lipinski definition) is 6. The Bertz CT molecular complexity index is 713. The molecular weight excluding hydrogens is 340 g/mol. The summed E-state index contributed by atoms with van der Waals surface area (Å²) in [4.78, 5) is 23.8. The number of carbonyl (C=O) groups excluding carboxylic acids is 2. The lowest BCUT2D eigenvalue weighted by atomic mass is 10.1. The number of amides is 2. The molecule has 25 heavy (non-hydrogen) atoms. The Labute approximate surface area is 150 Å². The Kier molecular flexibility index (Phi) is 6.88. The molecule has 0 saturated heterocycles. The van der Waals surface area contributed by atoms with E-state index < -0.39 is 0 Å². The highest BCUT2D eigenvalue weighted by Crippen LogP contribution is 2.19. The van der Waals surface area contributed by atoms with Gasteiger partial charge in [0.25, 0.3) is 0 Å². The smallest absolute Gasteiger partial charge is 0.226 e. The summed E-state index contributed by atoms with van der Waals surface area (Å²) in [6.45, 7) is 4.20. The molecule has 0 aliphatic rings. The predicted octanol–water partition coefficient (Wildman–Crippen LogP) is 3.10. The molecule has 2 rings (SSSR count). The molecule has 0 saturated carbocycles. The van der Waals surface area contributed by atoms with E-state index in [4.69, 9.17) is 4.74 Å². The third-order valence-corrected chi connectivity index (χ3v) is 4.11. The van der Waals surface area contributed by atoms with Gasteiger partial charge >= 0.3 is 0 Å². The van der Waals surface area contributed by atoms with Crippen LogP contribution in [0.1, 0.15) is 31.7 Å². The molecule has 0 aliphatic carbocycles. The maximum Gasteiger partial charge on any atom is 0.226 e. The molecular formula is C17H22N4O3S. The lowest BCUT2D eigenvalue weighted by Gasteiger charge is -2.06. The van der Waals surface area contributed by atoms with Crippen molar-refractivity contribution in [3.8, 4) is 5.75 Å². The Morgan fingerprint density at radius 3 is 2.32 bits per heavy atom. The summed E-state index contributed by atoms with van der Waals surface area (Å²) in [5.74, 6) is 0.722. The Hall–Kier alpha value is -2.48. The van der Waals surface area contributed by atoms with E-state index in [0.717, 1.165) is 11.4 Å². The minimum Gasteiger partial charge on any atom is -0.497 e. The predicted molar refractivity (Wildman–Crippen MR) is 97.9 cm³/mol. The van der Waals surface area contributed by atoms with E-state index in [2.05, 4.69) is 34.7 Å². The molecule has 1 aromatic heterocycles. The van der Waals surface area contributed by atoms with Gasteiger partial charge in [-0.05, 0) is 30.2 Å². The van der Waals surface area contributed by atoms with Crippen molar-refractivity contribution in [2.75, 3.05) is 17.7 Å². The number of hydrogen-bond donors (Lipinski definition) is 2. The quantitative estimate of drug-likeness (QED) is 0.753. The molecule has 0 bridgehead atoms. The minimum atomic E-state index is -0.253. The van der Waals surface area contributed by atoms with Crippen LogP contribution in [-0.4, -0.2) is 29.1 Å². The zero-order chi connectivity index (χ0) is 18.2. The zero-order valence-corrected chi connectivity index (χ0v) is 15.4. The van der Waals surface area contributed by atoms with Crippen LogP contribution in [0.2, 0.25) is 0 Å². The van der Waals surface area contributed by atoms with E-state index in [1.807, 2.05) is 0 Å². The number of ether oxygens (including phenoxy) is 1. The van der Waals surface area contributed by atoms with Gasteiger partial charge in [0.05, 0.1) is 7.11 Å². The molecule has 0 fully saturated rings. The highest BCUT2D eigenvalue weighted by atomic mass is 32.1. The summed E-state index contributed by atoms with van der Waals surface area (Å²) in [6, 6.07) is 7.00. The molecule has 0 radical (unpaired) electrons. The van der Waals surface area contributed by atoms with Gasteiger partial charge in [0, 0.05) is 24.9 Å². The summed E-state index contributed by atoms with van der Waals surface area (Å²) in [7, 11) is 1.58. The number of anilines is 2. The standard InChI is InChI=1S/C17H22N4O3S/c1-11(2)10-16-20-21-17(25-16)19-15(23)9-8-14(22)18-12-4-6-13(24-3)7-5-12/h4-7,11H,8-10H2,1-3H3,(H,18,22)(H,19,21,23). The Morgan fingerprint density at radius 1 is 1.08 bits per heavy atom. The molecule has 1 aromatic carbocycles. The number of carbonyl (C=O) groups is 2. The second-order valence-electron chi connectivity index (χ2n) is 5.92. The van der Waals surface area contributed by atoms with Gasteiger partial charge in [0.1, 0.15) is 10.8 Å². The maximum atomic E-state index is 11.9. The van der Waals surface area contributed by atoms with Crippen LogP contribution in [0.15, 0.2) is 24.3 Å². The minimum absolute atomic E-state index is 0.0844. The number of nitrogens with one attached hydrogen (secondary N) is 2. The summed E-state index contributed by atoms with van der Waals surface area (Å²) in [5.41, 5.74) is 0.661. The van der Waals surface area contributed by atoms with E-state index in [-0.39, 0.29) is 24.7 Å². The van der Waals surface area contributed by atoms with Crippen LogP contribution >= 0.6 is 11.3 Å². The topological polar surface area (TPSA) is 93.2 Å². The fourth-order valence-electron chi connectivity index (χ4n) is 2.04. The van der Waals surface area contributed by atoms with Crippen LogP contribution in [0.4, 0.5) is 10.8 Å². The average Bonchev–Trinajstić information content (AvgIpc) is 2.99. The molecule has 0 unspecified atom stereocenters. The van der Waals surface area contributed by atoms with Gasteiger partial charge < -0.3 is 15.4 Å². The first-order valence-electron chi connectivity index (χ1n) is 8.02. The molecule has 2 N–H and O–H groups in total. The van der Waals surface area contributed by atoms with Crippen molar-refractivity contribution in [2.24, 2.45) is 5.92 Å². The van der Waals surface area contributed by atoms with Crippen LogP contribution in [-0.2, 0) is 16.0 Å². The van der Waals surface area contributed by atoms with Gasteiger partial charge in [-0.25, -0.2) is 0 Å². The van der Waals surface area contributed by atoms with Crippen LogP contribution in [0.3, 0.4) is 0 Å². The van der Waals surface area contributed by atoms with Crippen LogP contribution in [0.25, 0.3) is 0 Å². The number of aromatic nitrogens is 2. The van der Waals surface area contributed by atoms with Crippen molar-refractivity contribution in [3.63, 3.8) is 0 Å². The van der Waals surface area contributed by atoms with Crippen molar-refractivity contribution < 1.29 is 14.3 Å². The van der Waals surface area contributed by atoms with Gasteiger partial charge in [0.15, 0.2) is 0 Å². The lowest BCUT2D eigenvalue weighted by Crippen LogP contribution is -2.17. The third-order valence-electron chi connectivity index (χ3n) is 3.25. The van der Waals surface area contributed by atoms with Gasteiger partial charge in [0.2, 0.25) is 16.9 Å². The summed E-state index contributed by atoms with van der Waals surface area (Å²) in [6.07, 6.45) is 1.01. The summed E-state index contributed by atoms with van der Waals surface area (Å²) < 4.78 is 5.06. The lowest BCUT2D eigenvalue weighted by molar-refractivity contribution is -0.121. The zero-order valence-electron chi connectivity index (χ0n) is 14.5. The molecule has 8 heteroatoms. The monoisotopic (exact) mass is 362 g/mol. The first kappa shape index (κ1) is 18.9. The highest BCUT2D eigenvalue weighted by molar-refractivity contribution is 7.15. The third kappa shape index (κ3) is 6.50. The van der Waals surface area contributed by atoms with Crippen LogP contribution in [0, 0.1) is 5.92 Å². The van der Waals surface area contributed by atoms with Gasteiger partial charge in [-0.3, -0.25) is 9.59 Å². The summed E-state index contributed by atoms with van der Waals surface area (Å²) in [5, 5.41) is 14.8. The summed E-state index contributed by atoms with van der Waals surface area (Å²) >= 11 is 1.36. The molecule has 2 aromatic rings. The van der Waals surface area contributed by atoms with E-state index in [1.165, 1.54) is 11.3 Å². The van der Waals surface area contributed by atoms with E-state index in [1.54, 1.807) is 31.4 Å². The van der Waals surface area contributed by atoms with Gasteiger partial charge in [-0.1, -0.05) is 25.2 Å². The molecule has 0 aliphatic heterocycles. The van der Waals surface area contributed by atoms with Crippen LogP contribution < -0.4 is 15.4 Å². The fraction of sp³-hybridized carbons (Fsp3) is 0.412. The van der Waals surface area contributed by atoms with E-state index >= 15 is 0 Å². The highest BCUT2D eigenvalue weighted by Gasteiger charge is 2.11. The Balaban J connectivity index is 1.75. The van der Waals surface area contributed by atoms with Crippen molar-refractivity contribution in [2.45, 2.75) is 33.1 Å². The molecule has 0 atom stereocenters. The molecule has 0 spiro atoms. The van der Waals surface area contributed by atoms with Gasteiger partial charge in [-0.15, -0.1) is 10.2 Å². The molecule has 134 valence electrons. The second kappa shape index (κ2) is 9.12. The fourth-order valence-corrected chi connectivity index (χ4v) is 3.01. The van der Waals surface area contributed by atoms with Crippen LogP contribution in [0.5, 0.6) is 5.75 Å². The molecule has 2 amide bonds. The number of methoxy groups -OCH3 is 1. The van der Waals surface area contributed by atoms with Crippen molar-refractivity contribution >= 4 is 34.0 Å². The van der Waals surface area contributed by atoms with E-state index in [0.29, 0.717) is 22.5 Å². The first-order valence-corrected chi connectivity index (χ1v) is 8.84. The van der Waals surface area contributed by atoms with Crippen molar-refractivity contribution in [3.05, 3.63) is 29.3 Å². The normalized spacial score (nSPS) is 10.6. The van der Waals surface area contributed by atoms with Gasteiger partial charge in [-0.2, -0.15) is 0 Å². The number of nitrogens with zero attached hydrogens (tertiary/aromatic N) is 2. The van der Waals surface area contributed by atoms with Crippen molar-refractivity contribution in [1.29, 1.82) is 0 Å². The largest absolute Gasteiger partial charge is 0.497 e. The number of rotatable bonds is 8. The molecule has 7 nitrogen and oxygen atoms in total. The first-order chi connectivity index (χ1) is 12.0. The molecule has 1 heterocycles. The maximum absolute atomic E-state index is 11.9. The van der Waals surface area contributed by atoms with E-state index in [9.17, 15) is 9.59 Å². The Morgan fingerprint density at radius 2 is 1.72 bits per heavy atom. The SMILES string of the molecule is COc1ccc(NC(=O)CCC(=O)Nc2nnc(CC(C)C)s2)cc1. The average molecular weight is 362 g/mol. The van der Waals surface area contributed by atoms with Crippen molar-refractivity contribution in [1.82, 2.24) is 10.2 Å².